The molecule has 0 aliphatic heterocycles. The lowest BCUT2D eigenvalue weighted by Gasteiger charge is -2.20. The maximum absolute atomic E-state index is 14.4. The first-order chi connectivity index (χ1) is 12.7. The van der Waals surface area contributed by atoms with Gasteiger partial charge in [-0.05, 0) is 37.1 Å². The summed E-state index contributed by atoms with van der Waals surface area (Å²) in [5.41, 5.74) is 1.24. The summed E-state index contributed by atoms with van der Waals surface area (Å²) >= 11 is 1.43. The predicted octanol–water partition coefficient (Wildman–Crippen LogP) is 4.68. The van der Waals surface area contributed by atoms with E-state index in [-0.39, 0.29) is 16.9 Å². The molecule has 0 amide bonds. The average Bonchev–Trinajstić information content (AvgIpc) is 3.08. The van der Waals surface area contributed by atoms with Crippen LogP contribution in [0.5, 0.6) is 0 Å². The van der Waals surface area contributed by atoms with E-state index in [0.717, 1.165) is 24.9 Å². The number of halogens is 1. The number of carbonyl (C=O) groups is 1. The Kier molecular flexibility index (Phi) is 4.84. The average molecular weight is 367 g/mol. The van der Waals surface area contributed by atoms with Crippen molar-refractivity contribution in [1.29, 1.82) is 0 Å². The summed E-state index contributed by atoms with van der Waals surface area (Å²) in [7, 11) is 0. The molecule has 132 valence electrons. The minimum absolute atomic E-state index is 0.108. The van der Waals surface area contributed by atoms with Crippen LogP contribution in [0.3, 0.4) is 0 Å². The molecule has 1 heterocycles. The van der Waals surface area contributed by atoms with Crippen molar-refractivity contribution in [3.05, 3.63) is 60.4 Å². The lowest BCUT2D eigenvalue weighted by atomic mass is 9.99. The van der Waals surface area contributed by atoms with Crippen LogP contribution in [0.15, 0.2) is 59.8 Å². The zero-order valence-electron chi connectivity index (χ0n) is 14.1. The van der Waals surface area contributed by atoms with E-state index in [2.05, 4.69) is 10.2 Å². The third-order valence-electron chi connectivity index (χ3n) is 4.51. The molecule has 3 aromatic rings. The Balaban J connectivity index is 1.80. The van der Waals surface area contributed by atoms with Crippen LogP contribution in [-0.2, 0) is 4.79 Å². The van der Waals surface area contributed by atoms with E-state index in [4.69, 9.17) is 0 Å². The predicted molar refractivity (Wildman–Crippen MR) is 99.9 cm³/mol. The van der Waals surface area contributed by atoms with Crippen molar-refractivity contribution in [1.82, 2.24) is 14.8 Å². The number of nitrogens with zero attached hydrogens (tertiary/aromatic N) is 3. The molecule has 0 saturated heterocycles. The third-order valence-corrected chi connectivity index (χ3v) is 5.77. The van der Waals surface area contributed by atoms with Crippen LogP contribution in [0.4, 0.5) is 4.39 Å². The fraction of sp³-hybridized carbons (Fsp3) is 0.250. The van der Waals surface area contributed by atoms with Gasteiger partial charge in [0.05, 0.1) is 10.8 Å². The highest BCUT2D eigenvalue weighted by atomic mass is 32.2. The summed E-state index contributed by atoms with van der Waals surface area (Å²) in [6, 6.07) is 16.2. The number of carbonyl (C=O) groups excluding carboxylic acids is 1. The fourth-order valence-corrected chi connectivity index (χ4v) is 4.35. The van der Waals surface area contributed by atoms with Crippen LogP contribution in [0, 0.1) is 5.82 Å². The van der Waals surface area contributed by atoms with Crippen LogP contribution >= 0.6 is 11.8 Å². The van der Waals surface area contributed by atoms with Gasteiger partial charge in [0.1, 0.15) is 11.6 Å². The van der Waals surface area contributed by atoms with Gasteiger partial charge in [-0.2, -0.15) is 0 Å². The summed E-state index contributed by atoms with van der Waals surface area (Å²) in [6.45, 7) is 0. The normalized spacial score (nSPS) is 17.4. The molecule has 1 saturated carbocycles. The smallest absolute Gasteiger partial charge is 0.196 e. The molecular weight excluding hydrogens is 349 g/mol. The Hall–Kier alpha value is -2.47. The molecule has 26 heavy (non-hydrogen) atoms. The molecule has 0 bridgehead atoms. The van der Waals surface area contributed by atoms with Crippen LogP contribution < -0.4 is 0 Å². The Labute approximate surface area is 155 Å². The van der Waals surface area contributed by atoms with E-state index >= 15 is 0 Å². The van der Waals surface area contributed by atoms with E-state index in [0.29, 0.717) is 23.0 Å². The SMILES string of the molecule is O=C1CCCCC1Sc1nnc(-c2ccccc2F)n1-c1ccccc1. The van der Waals surface area contributed by atoms with Gasteiger partial charge in [-0.3, -0.25) is 9.36 Å². The van der Waals surface area contributed by atoms with Crippen LogP contribution in [0.2, 0.25) is 0 Å². The van der Waals surface area contributed by atoms with Crippen molar-refractivity contribution < 1.29 is 9.18 Å². The molecule has 4 rings (SSSR count). The molecule has 1 aliphatic rings. The highest BCUT2D eigenvalue weighted by molar-refractivity contribution is 8.00. The monoisotopic (exact) mass is 367 g/mol. The summed E-state index contributed by atoms with van der Waals surface area (Å²) in [5, 5.41) is 9.06. The van der Waals surface area contributed by atoms with E-state index in [1.165, 1.54) is 17.8 Å². The second-order valence-electron chi connectivity index (χ2n) is 6.28. The molecule has 6 heteroatoms. The maximum Gasteiger partial charge on any atom is 0.196 e. The number of ketones is 1. The standard InChI is InChI=1S/C20H18FN3OS/c21-16-11-5-4-10-15(16)19-22-23-20(24(19)14-8-2-1-3-9-14)26-18-13-7-6-12-17(18)25/h1-5,8-11,18H,6-7,12-13H2. The highest BCUT2D eigenvalue weighted by Gasteiger charge is 2.27. The Morgan fingerprint density at radius 1 is 1.00 bits per heavy atom. The minimum atomic E-state index is -0.345. The first-order valence-electron chi connectivity index (χ1n) is 8.69. The van der Waals surface area contributed by atoms with Gasteiger partial charge in [-0.25, -0.2) is 4.39 Å². The molecule has 0 radical (unpaired) electrons. The summed E-state index contributed by atoms with van der Waals surface area (Å²) in [4.78, 5) is 12.2. The van der Waals surface area contributed by atoms with Gasteiger partial charge in [-0.15, -0.1) is 10.2 Å². The maximum atomic E-state index is 14.4. The molecule has 0 N–H and O–H groups in total. The zero-order valence-corrected chi connectivity index (χ0v) is 15.0. The number of aromatic nitrogens is 3. The molecule has 1 aliphatic carbocycles. The third kappa shape index (κ3) is 3.29. The number of rotatable bonds is 4. The fourth-order valence-electron chi connectivity index (χ4n) is 3.18. The summed E-state index contributed by atoms with van der Waals surface area (Å²) in [6.07, 6.45) is 3.47. The van der Waals surface area contributed by atoms with Gasteiger partial charge >= 0.3 is 0 Å². The number of hydrogen-bond acceptors (Lipinski definition) is 4. The largest absolute Gasteiger partial charge is 0.298 e. The van der Waals surface area contributed by atoms with Gasteiger partial charge in [-0.1, -0.05) is 48.5 Å². The second-order valence-corrected chi connectivity index (χ2v) is 7.45. The van der Waals surface area contributed by atoms with Crippen LogP contribution in [0.1, 0.15) is 25.7 Å². The van der Waals surface area contributed by atoms with E-state index < -0.39 is 0 Å². The lowest BCUT2D eigenvalue weighted by Crippen LogP contribution is -2.21. The molecule has 4 nitrogen and oxygen atoms in total. The van der Waals surface area contributed by atoms with Crippen molar-refractivity contribution in [2.45, 2.75) is 36.1 Å². The lowest BCUT2D eigenvalue weighted by molar-refractivity contribution is -0.119. The molecule has 2 aromatic carbocycles. The van der Waals surface area contributed by atoms with E-state index in [1.54, 1.807) is 18.2 Å². The molecule has 0 spiro atoms. The first-order valence-corrected chi connectivity index (χ1v) is 9.57. The number of benzene rings is 2. The summed E-state index contributed by atoms with van der Waals surface area (Å²) in [5.74, 6) is 0.360. The van der Waals surface area contributed by atoms with Crippen LogP contribution in [-0.4, -0.2) is 25.8 Å². The zero-order chi connectivity index (χ0) is 17.9. The van der Waals surface area contributed by atoms with Crippen molar-refractivity contribution >= 4 is 17.5 Å². The summed E-state index contributed by atoms with van der Waals surface area (Å²) < 4.78 is 16.2. The molecular formula is C20H18FN3OS. The Bertz CT molecular complexity index is 926. The van der Waals surface area contributed by atoms with Crippen LogP contribution in [0.25, 0.3) is 17.1 Å². The minimum Gasteiger partial charge on any atom is -0.298 e. The van der Waals surface area contributed by atoms with Gasteiger partial charge in [0.2, 0.25) is 0 Å². The van der Waals surface area contributed by atoms with E-state index in [9.17, 15) is 9.18 Å². The second kappa shape index (κ2) is 7.41. The van der Waals surface area contributed by atoms with Crippen molar-refractivity contribution in [3.63, 3.8) is 0 Å². The van der Waals surface area contributed by atoms with Crippen molar-refractivity contribution in [3.8, 4) is 17.1 Å². The topological polar surface area (TPSA) is 47.8 Å². The number of Topliss-reactive ketones (excluding diaryl/α,β-unsaturated/α-hetero) is 1. The number of hydrogen-bond donors (Lipinski definition) is 0. The van der Waals surface area contributed by atoms with Crippen molar-refractivity contribution in [2.75, 3.05) is 0 Å². The molecule has 1 atom stereocenters. The van der Waals surface area contributed by atoms with Gasteiger partial charge in [0.25, 0.3) is 0 Å². The Morgan fingerprint density at radius 3 is 2.54 bits per heavy atom. The first kappa shape index (κ1) is 17.0. The number of thioether (sulfide) groups is 1. The van der Waals surface area contributed by atoms with Gasteiger partial charge in [0.15, 0.2) is 11.0 Å². The molecule has 1 unspecified atom stereocenters. The highest BCUT2D eigenvalue weighted by Crippen LogP contribution is 2.34. The molecule has 1 aromatic heterocycles. The van der Waals surface area contributed by atoms with Gasteiger partial charge in [0, 0.05) is 12.1 Å². The van der Waals surface area contributed by atoms with E-state index in [1.807, 2.05) is 34.9 Å². The number of para-hydroxylation sites is 1. The Morgan fingerprint density at radius 2 is 1.77 bits per heavy atom. The quantitative estimate of drug-likeness (QED) is 0.672. The van der Waals surface area contributed by atoms with Crippen molar-refractivity contribution in [2.24, 2.45) is 0 Å². The van der Waals surface area contributed by atoms with Gasteiger partial charge < -0.3 is 0 Å². The molecule has 1 fully saturated rings.